The molecule has 1 aromatic carbocycles. The number of amides is 1. The quantitative estimate of drug-likeness (QED) is 0.679. The maximum Gasteiger partial charge on any atom is 0.341 e. The molecule has 1 aliphatic heterocycles. The third kappa shape index (κ3) is 5.12. The molecule has 1 aliphatic rings. The van der Waals surface area contributed by atoms with Crippen molar-refractivity contribution in [3.63, 3.8) is 0 Å². The molecule has 0 unspecified atom stereocenters. The van der Waals surface area contributed by atoms with E-state index in [-0.39, 0.29) is 11.9 Å². The van der Waals surface area contributed by atoms with Gasteiger partial charge in [0.1, 0.15) is 10.8 Å². The normalized spacial score (nSPS) is 14.5. The van der Waals surface area contributed by atoms with Gasteiger partial charge in [0.05, 0.1) is 25.8 Å². The van der Waals surface area contributed by atoms with Crippen molar-refractivity contribution in [2.24, 2.45) is 0 Å². The first-order valence-electron chi connectivity index (χ1n) is 10.1. The van der Waals surface area contributed by atoms with Gasteiger partial charge in [-0.2, -0.15) is 0 Å². The number of nitrogens with zero attached hydrogens (tertiary/aromatic N) is 2. The third-order valence-electron chi connectivity index (χ3n) is 5.28. The Hall–Kier alpha value is -2.58. The second-order valence-electron chi connectivity index (χ2n) is 7.22. The number of piperazine rings is 1. The highest BCUT2D eigenvalue weighted by Crippen LogP contribution is 2.33. The monoisotopic (exact) mass is 431 g/mol. The van der Waals surface area contributed by atoms with Gasteiger partial charge in [0.25, 0.3) is 0 Å². The lowest BCUT2D eigenvalue weighted by Gasteiger charge is -2.35. The van der Waals surface area contributed by atoms with Crippen LogP contribution in [-0.2, 0) is 9.53 Å². The Morgan fingerprint density at radius 1 is 1.17 bits per heavy atom. The maximum absolute atomic E-state index is 12.6. The molecule has 1 N–H and O–H groups in total. The molecule has 8 heteroatoms. The fourth-order valence-corrected chi connectivity index (χ4v) is 4.57. The summed E-state index contributed by atoms with van der Waals surface area (Å²) in [5.74, 6) is 0.339. The average Bonchev–Trinajstić information content (AvgIpc) is 3.01. The third-order valence-corrected chi connectivity index (χ3v) is 6.40. The minimum Gasteiger partial charge on any atom is -0.497 e. The number of nitrogens with one attached hydrogen (secondary N) is 1. The lowest BCUT2D eigenvalue weighted by atomic mass is 10.1. The van der Waals surface area contributed by atoms with Crippen LogP contribution >= 0.6 is 11.3 Å². The number of hydrogen-bond acceptors (Lipinski definition) is 7. The number of hydrogen-bond donors (Lipinski definition) is 1. The van der Waals surface area contributed by atoms with E-state index in [0.717, 1.165) is 48.1 Å². The highest BCUT2D eigenvalue weighted by atomic mass is 32.1. The standard InChI is InChI=1S/C22H29N3O4S/c1-5-29-22(27)20-15(2)16(3)30-21(20)23-19(26)14-24-9-11-25(12-10-24)17-7-6-8-18(13-17)28-4/h6-8,13H,5,9-12,14H2,1-4H3,(H,23,26). The van der Waals surface area contributed by atoms with Crippen LogP contribution in [0.4, 0.5) is 10.7 Å². The highest BCUT2D eigenvalue weighted by Gasteiger charge is 2.24. The van der Waals surface area contributed by atoms with Crippen LogP contribution in [0.15, 0.2) is 24.3 Å². The Balaban J connectivity index is 1.57. The number of aryl methyl sites for hydroxylation is 1. The molecule has 1 saturated heterocycles. The summed E-state index contributed by atoms with van der Waals surface area (Å²) in [5.41, 5.74) is 2.46. The maximum atomic E-state index is 12.6. The predicted octanol–water partition coefficient (Wildman–Crippen LogP) is 3.31. The summed E-state index contributed by atoms with van der Waals surface area (Å²) < 4.78 is 10.5. The van der Waals surface area contributed by atoms with E-state index in [1.165, 1.54) is 11.3 Å². The summed E-state index contributed by atoms with van der Waals surface area (Å²) in [5, 5.41) is 3.50. The number of benzene rings is 1. The lowest BCUT2D eigenvalue weighted by molar-refractivity contribution is -0.117. The van der Waals surface area contributed by atoms with E-state index in [0.29, 0.717) is 23.7 Å². The van der Waals surface area contributed by atoms with Gasteiger partial charge in [0.15, 0.2) is 0 Å². The van der Waals surface area contributed by atoms with Gasteiger partial charge in [-0.3, -0.25) is 9.69 Å². The number of esters is 1. The van der Waals surface area contributed by atoms with Crippen LogP contribution in [-0.4, -0.2) is 63.2 Å². The van der Waals surface area contributed by atoms with Crippen molar-refractivity contribution in [3.8, 4) is 5.75 Å². The van der Waals surface area contributed by atoms with Gasteiger partial charge in [0, 0.05) is 42.8 Å². The minimum atomic E-state index is -0.387. The van der Waals surface area contributed by atoms with Crippen molar-refractivity contribution in [1.29, 1.82) is 0 Å². The highest BCUT2D eigenvalue weighted by molar-refractivity contribution is 7.16. The Kier molecular flexibility index (Phi) is 7.33. The Labute approximate surface area is 181 Å². The van der Waals surface area contributed by atoms with Gasteiger partial charge in [-0.05, 0) is 38.5 Å². The smallest absolute Gasteiger partial charge is 0.341 e. The molecule has 0 bridgehead atoms. The molecule has 0 saturated carbocycles. The van der Waals surface area contributed by atoms with Crippen molar-refractivity contribution in [3.05, 3.63) is 40.3 Å². The fourth-order valence-electron chi connectivity index (χ4n) is 3.50. The van der Waals surface area contributed by atoms with Crippen molar-refractivity contribution in [2.75, 3.05) is 56.7 Å². The van der Waals surface area contributed by atoms with E-state index in [1.807, 2.05) is 32.0 Å². The van der Waals surface area contributed by atoms with E-state index in [9.17, 15) is 9.59 Å². The number of carbonyl (C=O) groups is 2. The SMILES string of the molecule is CCOC(=O)c1c(NC(=O)CN2CCN(c3cccc(OC)c3)CC2)sc(C)c1C. The Morgan fingerprint density at radius 2 is 1.90 bits per heavy atom. The number of thiophene rings is 1. The largest absolute Gasteiger partial charge is 0.497 e. The second kappa shape index (κ2) is 9.95. The molecule has 7 nitrogen and oxygen atoms in total. The van der Waals surface area contributed by atoms with Gasteiger partial charge >= 0.3 is 5.97 Å². The van der Waals surface area contributed by atoms with Crippen LogP contribution in [0.5, 0.6) is 5.75 Å². The van der Waals surface area contributed by atoms with Gasteiger partial charge in [-0.1, -0.05) is 6.07 Å². The molecule has 2 heterocycles. The molecule has 2 aromatic rings. The topological polar surface area (TPSA) is 71.1 Å². The molecule has 1 aromatic heterocycles. The van der Waals surface area contributed by atoms with Crippen LogP contribution in [0.1, 0.15) is 27.7 Å². The molecule has 1 amide bonds. The number of ether oxygens (including phenoxy) is 2. The summed E-state index contributed by atoms with van der Waals surface area (Å²) in [7, 11) is 1.67. The van der Waals surface area contributed by atoms with E-state index < -0.39 is 0 Å². The molecule has 0 radical (unpaired) electrons. The Bertz CT molecular complexity index is 904. The summed E-state index contributed by atoms with van der Waals surface area (Å²) in [6.45, 7) is 9.45. The fraction of sp³-hybridized carbons (Fsp3) is 0.455. The summed E-state index contributed by atoms with van der Waals surface area (Å²) in [6, 6.07) is 8.02. The molecule has 30 heavy (non-hydrogen) atoms. The van der Waals surface area contributed by atoms with Crippen molar-refractivity contribution < 1.29 is 19.1 Å². The van der Waals surface area contributed by atoms with Gasteiger partial charge in [0.2, 0.25) is 5.91 Å². The summed E-state index contributed by atoms with van der Waals surface area (Å²) >= 11 is 1.42. The van der Waals surface area contributed by atoms with E-state index in [1.54, 1.807) is 14.0 Å². The van der Waals surface area contributed by atoms with Crippen LogP contribution < -0.4 is 15.0 Å². The van der Waals surface area contributed by atoms with Crippen LogP contribution in [0.25, 0.3) is 0 Å². The second-order valence-corrected chi connectivity index (χ2v) is 8.45. The number of anilines is 2. The van der Waals surface area contributed by atoms with Crippen LogP contribution in [0, 0.1) is 13.8 Å². The van der Waals surface area contributed by atoms with Crippen LogP contribution in [0.3, 0.4) is 0 Å². The lowest BCUT2D eigenvalue weighted by Crippen LogP contribution is -2.48. The number of methoxy groups -OCH3 is 1. The molecule has 0 aliphatic carbocycles. The van der Waals surface area contributed by atoms with Gasteiger partial charge < -0.3 is 19.7 Å². The van der Waals surface area contributed by atoms with Gasteiger partial charge in [-0.15, -0.1) is 11.3 Å². The predicted molar refractivity (Wildman–Crippen MR) is 120 cm³/mol. The summed E-state index contributed by atoms with van der Waals surface area (Å²) in [6.07, 6.45) is 0. The molecule has 1 fully saturated rings. The average molecular weight is 432 g/mol. The first-order chi connectivity index (χ1) is 14.4. The van der Waals surface area contributed by atoms with Crippen LogP contribution in [0.2, 0.25) is 0 Å². The zero-order valence-electron chi connectivity index (χ0n) is 18.0. The van der Waals surface area contributed by atoms with Crippen molar-refractivity contribution >= 4 is 33.9 Å². The zero-order chi connectivity index (χ0) is 21.7. The zero-order valence-corrected chi connectivity index (χ0v) is 18.8. The van der Waals surface area contributed by atoms with E-state index >= 15 is 0 Å². The van der Waals surface area contributed by atoms with Crippen molar-refractivity contribution in [2.45, 2.75) is 20.8 Å². The van der Waals surface area contributed by atoms with E-state index in [4.69, 9.17) is 9.47 Å². The minimum absolute atomic E-state index is 0.114. The molecule has 3 rings (SSSR count). The molecule has 162 valence electrons. The first kappa shape index (κ1) is 22.1. The molecular formula is C22H29N3O4S. The number of rotatable bonds is 7. The van der Waals surface area contributed by atoms with Gasteiger partial charge in [-0.25, -0.2) is 4.79 Å². The summed E-state index contributed by atoms with van der Waals surface area (Å²) in [4.78, 5) is 30.4. The number of carbonyl (C=O) groups excluding carboxylic acids is 2. The molecule has 0 spiro atoms. The first-order valence-corrected chi connectivity index (χ1v) is 10.9. The van der Waals surface area contributed by atoms with E-state index in [2.05, 4.69) is 21.2 Å². The Morgan fingerprint density at radius 3 is 2.57 bits per heavy atom. The van der Waals surface area contributed by atoms with Crippen molar-refractivity contribution in [1.82, 2.24) is 4.90 Å². The molecular weight excluding hydrogens is 402 g/mol. The molecule has 0 atom stereocenters.